The van der Waals surface area contributed by atoms with Crippen molar-refractivity contribution in [2.75, 3.05) is 10.0 Å². The summed E-state index contributed by atoms with van der Waals surface area (Å²) in [5.74, 6) is 0.257. The van der Waals surface area contributed by atoms with Gasteiger partial charge in [0.15, 0.2) is 11.6 Å². The number of aryl methyl sites for hydroxylation is 2. The Labute approximate surface area is 199 Å². The molecule has 172 valence electrons. The van der Waals surface area contributed by atoms with Crippen LogP contribution in [0.2, 0.25) is 5.02 Å². The van der Waals surface area contributed by atoms with Crippen molar-refractivity contribution in [1.82, 2.24) is 19.1 Å². The van der Waals surface area contributed by atoms with Crippen molar-refractivity contribution in [3.63, 3.8) is 0 Å². The van der Waals surface area contributed by atoms with Gasteiger partial charge in [-0.3, -0.25) is 13.9 Å². The summed E-state index contributed by atoms with van der Waals surface area (Å²) in [6, 6.07) is 18.4. The van der Waals surface area contributed by atoms with Gasteiger partial charge >= 0.3 is 5.69 Å². The summed E-state index contributed by atoms with van der Waals surface area (Å²) in [6.45, 7) is 0. The zero-order valence-electron chi connectivity index (χ0n) is 18.2. The molecule has 0 fully saturated rings. The first kappa shape index (κ1) is 21.9. The Morgan fingerprint density at radius 3 is 2.12 bits per heavy atom. The fourth-order valence-electron chi connectivity index (χ4n) is 3.68. The fourth-order valence-corrected chi connectivity index (χ4v) is 4.81. The van der Waals surface area contributed by atoms with Gasteiger partial charge in [0.25, 0.3) is 10.0 Å². The molecule has 5 aromatic rings. The van der Waals surface area contributed by atoms with Crippen molar-refractivity contribution in [2.24, 2.45) is 14.1 Å². The van der Waals surface area contributed by atoms with Crippen molar-refractivity contribution in [3.8, 4) is 0 Å². The Balaban J connectivity index is 1.60. The van der Waals surface area contributed by atoms with Crippen LogP contribution in [0, 0.1) is 0 Å². The molecular weight excluding hydrogens is 476 g/mol. The highest BCUT2D eigenvalue weighted by Crippen LogP contribution is 2.28. The van der Waals surface area contributed by atoms with Crippen molar-refractivity contribution < 1.29 is 8.42 Å². The maximum absolute atomic E-state index is 13.0. The molecule has 0 bridgehead atoms. The lowest BCUT2D eigenvalue weighted by Crippen LogP contribution is -2.19. The normalized spacial score (nSPS) is 11.7. The number of fused-ring (bicyclic) bond motifs is 2. The largest absolute Gasteiger partial charge is 0.337 e. The smallest absolute Gasteiger partial charge is 0.328 e. The Kier molecular flexibility index (Phi) is 5.26. The molecule has 0 spiro atoms. The van der Waals surface area contributed by atoms with Crippen LogP contribution in [0.1, 0.15) is 0 Å². The van der Waals surface area contributed by atoms with Crippen LogP contribution in [-0.4, -0.2) is 27.5 Å². The first-order valence-electron chi connectivity index (χ1n) is 10.2. The molecule has 3 aromatic carbocycles. The van der Waals surface area contributed by atoms with Crippen LogP contribution in [-0.2, 0) is 24.1 Å². The maximum atomic E-state index is 13.0. The number of nitrogens with one attached hydrogen (secondary N) is 2. The van der Waals surface area contributed by atoms with Gasteiger partial charge in [0.2, 0.25) is 0 Å². The van der Waals surface area contributed by atoms with Crippen LogP contribution >= 0.6 is 11.6 Å². The van der Waals surface area contributed by atoms with Crippen LogP contribution < -0.4 is 15.7 Å². The summed E-state index contributed by atoms with van der Waals surface area (Å²) in [6.07, 6.45) is 0. The van der Waals surface area contributed by atoms with E-state index in [0.717, 1.165) is 11.0 Å². The highest BCUT2D eigenvalue weighted by molar-refractivity contribution is 7.92. The number of benzene rings is 3. The van der Waals surface area contributed by atoms with Crippen molar-refractivity contribution in [1.29, 1.82) is 0 Å². The van der Waals surface area contributed by atoms with Gasteiger partial charge in [0.1, 0.15) is 0 Å². The average Bonchev–Trinajstić information content (AvgIpc) is 3.03. The Hall–Kier alpha value is -3.89. The summed E-state index contributed by atoms with van der Waals surface area (Å²) >= 11 is 5.90. The summed E-state index contributed by atoms with van der Waals surface area (Å²) in [4.78, 5) is 21.4. The number of imidazole rings is 1. The highest BCUT2D eigenvalue weighted by Gasteiger charge is 2.19. The molecule has 0 aliphatic heterocycles. The first-order chi connectivity index (χ1) is 16.2. The second kappa shape index (κ2) is 8.15. The highest BCUT2D eigenvalue weighted by atomic mass is 35.5. The van der Waals surface area contributed by atoms with E-state index in [-0.39, 0.29) is 22.2 Å². The molecule has 0 radical (unpaired) electrons. The minimum Gasteiger partial charge on any atom is -0.337 e. The van der Waals surface area contributed by atoms with Crippen LogP contribution in [0.3, 0.4) is 0 Å². The standard InChI is InChI=1S/C23H19ClN6O3S/c1-29-19-12-9-15(13-20(19)30(2)23(29)31)25-21-22(27-18-6-4-3-5-17(18)26-21)28-34(32,33)16-10-7-14(24)8-11-16/h3-13H,1-2H3,(H,25,26)(H,27,28). The number of nitrogens with zero attached hydrogens (tertiary/aromatic N) is 4. The van der Waals surface area contributed by atoms with Gasteiger partial charge in [-0.1, -0.05) is 23.7 Å². The Morgan fingerprint density at radius 2 is 1.44 bits per heavy atom. The van der Waals surface area contributed by atoms with E-state index in [2.05, 4.69) is 20.0 Å². The number of aromatic nitrogens is 4. The molecule has 0 saturated heterocycles. The molecule has 5 rings (SSSR count). The van der Waals surface area contributed by atoms with Crippen LogP contribution in [0.5, 0.6) is 0 Å². The van der Waals surface area contributed by atoms with E-state index in [1.165, 1.54) is 28.8 Å². The van der Waals surface area contributed by atoms with E-state index in [4.69, 9.17) is 11.6 Å². The third-order valence-electron chi connectivity index (χ3n) is 5.46. The first-order valence-corrected chi connectivity index (χ1v) is 12.1. The van der Waals surface area contributed by atoms with Crippen molar-refractivity contribution in [2.45, 2.75) is 4.90 Å². The van der Waals surface area contributed by atoms with Gasteiger partial charge in [-0.15, -0.1) is 0 Å². The van der Waals surface area contributed by atoms with Gasteiger partial charge in [0, 0.05) is 24.8 Å². The number of para-hydroxylation sites is 2. The van der Waals surface area contributed by atoms with Gasteiger partial charge in [-0.05, 0) is 54.6 Å². The topological polar surface area (TPSA) is 111 Å². The lowest BCUT2D eigenvalue weighted by Gasteiger charge is -2.14. The molecule has 0 aliphatic rings. The quantitative estimate of drug-likeness (QED) is 0.382. The van der Waals surface area contributed by atoms with E-state index < -0.39 is 10.0 Å². The third kappa shape index (κ3) is 3.87. The number of hydrogen-bond acceptors (Lipinski definition) is 6. The third-order valence-corrected chi connectivity index (χ3v) is 7.07. The van der Waals surface area contributed by atoms with Gasteiger partial charge in [-0.2, -0.15) is 0 Å². The molecule has 2 aromatic heterocycles. The molecule has 34 heavy (non-hydrogen) atoms. The molecule has 2 heterocycles. The van der Waals surface area contributed by atoms with Crippen LogP contribution in [0.25, 0.3) is 22.1 Å². The lowest BCUT2D eigenvalue weighted by molar-refractivity contribution is 0.601. The van der Waals surface area contributed by atoms with Gasteiger partial charge in [0.05, 0.1) is 27.0 Å². The predicted octanol–water partition coefficient (Wildman–Crippen LogP) is 4.02. The van der Waals surface area contributed by atoms with E-state index in [1.54, 1.807) is 49.0 Å². The minimum absolute atomic E-state index is 0.0377. The fraction of sp³-hybridized carbons (Fsp3) is 0.0870. The molecule has 0 amide bonds. The SMILES string of the molecule is Cn1c(=O)n(C)c2cc(Nc3nc4ccccc4nc3NS(=O)(=O)c3ccc(Cl)cc3)ccc21. The Bertz CT molecular complexity index is 1730. The van der Waals surface area contributed by atoms with E-state index >= 15 is 0 Å². The molecular formula is C23H19ClN6O3S. The molecule has 0 aliphatic carbocycles. The van der Waals surface area contributed by atoms with Crippen molar-refractivity contribution in [3.05, 3.63) is 82.2 Å². The van der Waals surface area contributed by atoms with Crippen molar-refractivity contribution >= 4 is 61.0 Å². The number of halogens is 1. The summed E-state index contributed by atoms with van der Waals surface area (Å²) in [5, 5.41) is 3.58. The summed E-state index contributed by atoms with van der Waals surface area (Å²) in [5.41, 5.74) is 3.08. The summed E-state index contributed by atoms with van der Waals surface area (Å²) < 4.78 is 31.7. The second-order valence-corrected chi connectivity index (χ2v) is 9.82. The van der Waals surface area contributed by atoms with Gasteiger partial charge < -0.3 is 5.32 Å². The number of rotatable bonds is 5. The number of sulfonamides is 1. The van der Waals surface area contributed by atoms with Crippen LogP contribution in [0.15, 0.2) is 76.4 Å². The van der Waals surface area contributed by atoms with E-state index in [0.29, 0.717) is 21.7 Å². The monoisotopic (exact) mass is 494 g/mol. The van der Waals surface area contributed by atoms with Gasteiger partial charge in [-0.25, -0.2) is 23.2 Å². The minimum atomic E-state index is -3.96. The molecule has 0 atom stereocenters. The molecule has 11 heteroatoms. The Morgan fingerprint density at radius 1 is 0.824 bits per heavy atom. The zero-order chi connectivity index (χ0) is 24.0. The molecule has 0 unspecified atom stereocenters. The second-order valence-electron chi connectivity index (χ2n) is 7.70. The average molecular weight is 495 g/mol. The van der Waals surface area contributed by atoms with E-state index in [9.17, 15) is 13.2 Å². The molecule has 9 nitrogen and oxygen atoms in total. The van der Waals surface area contributed by atoms with Crippen LogP contribution in [0.4, 0.5) is 17.3 Å². The molecule has 2 N–H and O–H groups in total. The number of hydrogen-bond donors (Lipinski definition) is 2. The maximum Gasteiger partial charge on any atom is 0.328 e. The van der Waals surface area contributed by atoms with E-state index in [1.807, 2.05) is 12.1 Å². The number of anilines is 3. The summed E-state index contributed by atoms with van der Waals surface area (Å²) in [7, 11) is -0.562. The zero-order valence-corrected chi connectivity index (χ0v) is 19.7. The predicted molar refractivity (Wildman–Crippen MR) is 133 cm³/mol. The lowest BCUT2D eigenvalue weighted by atomic mass is 10.2. The molecule has 0 saturated carbocycles.